The number of anilines is 1. The first-order valence-electron chi connectivity index (χ1n) is 6.04. The lowest BCUT2D eigenvalue weighted by atomic mass is 10.1. The zero-order valence-corrected chi connectivity index (χ0v) is 12.0. The molecule has 110 valence electrons. The molecule has 1 amide bonds. The third kappa shape index (κ3) is 3.24. The molecule has 0 radical (unpaired) electrons. The molecule has 6 nitrogen and oxygen atoms in total. The van der Waals surface area contributed by atoms with E-state index >= 15 is 0 Å². The van der Waals surface area contributed by atoms with Crippen LogP contribution in [0, 0.1) is 12.8 Å². The smallest absolute Gasteiger partial charge is 0.302 e. The SMILES string of the molecule is COc1ccc(N2CC(CS(=O)(=O)F)CC2=O)c(C)n1. The summed E-state index contributed by atoms with van der Waals surface area (Å²) < 4.78 is 39.0. The van der Waals surface area contributed by atoms with E-state index in [4.69, 9.17) is 4.74 Å². The van der Waals surface area contributed by atoms with E-state index in [-0.39, 0.29) is 18.9 Å². The molecule has 0 aliphatic carbocycles. The third-order valence-electron chi connectivity index (χ3n) is 3.17. The van der Waals surface area contributed by atoms with E-state index in [1.165, 1.54) is 12.0 Å². The van der Waals surface area contributed by atoms with Gasteiger partial charge in [0.15, 0.2) is 0 Å². The molecule has 0 spiro atoms. The number of aromatic nitrogens is 1. The van der Waals surface area contributed by atoms with Gasteiger partial charge >= 0.3 is 10.2 Å². The lowest BCUT2D eigenvalue weighted by molar-refractivity contribution is -0.117. The summed E-state index contributed by atoms with van der Waals surface area (Å²) >= 11 is 0. The van der Waals surface area contributed by atoms with Crippen molar-refractivity contribution in [2.45, 2.75) is 13.3 Å². The first kappa shape index (κ1) is 14.7. The standard InChI is InChI=1S/C12H15FN2O4S/c1-8-10(3-4-11(14-8)19-2)15-6-9(5-12(15)16)7-20(13,17)18/h3-4,9H,5-7H2,1-2H3. The second-order valence-corrected chi connectivity index (χ2v) is 6.15. The van der Waals surface area contributed by atoms with Gasteiger partial charge in [0.25, 0.3) is 0 Å². The summed E-state index contributed by atoms with van der Waals surface area (Å²) in [5.41, 5.74) is 1.19. The maximum Gasteiger partial charge on any atom is 0.302 e. The first-order valence-corrected chi connectivity index (χ1v) is 7.60. The fourth-order valence-electron chi connectivity index (χ4n) is 2.34. The monoisotopic (exact) mass is 302 g/mol. The van der Waals surface area contributed by atoms with E-state index in [2.05, 4.69) is 4.98 Å². The highest BCUT2D eigenvalue weighted by molar-refractivity contribution is 7.86. The minimum Gasteiger partial charge on any atom is -0.481 e. The largest absolute Gasteiger partial charge is 0.481 e. The van der Waals surface area contributed by atoms with Gasteiger partial charge in [-0.25, -0.2) is 4.98 Å². The number of carbonyl (C=O) groups excluding carboxylic acids is 1. The molecule has 1 fully saturated rings. The topological polar surface area (TPSA) is 76.6 Å². The maximum absolute atomic E-state index is 12.7. The molecule has 8 heteroatoms. The summed E-state index contributed by atoms with van der Waals surface area (Å²) in [6.07, 6.45) is 0.0224. The molecule has 1 aliphatic rings. The van der Waals surface area contributed by atoms with Crippen molar-refractivity contribution in [2.75, 3.05) is 24.3 Å². The molecule has 0 aromatic carbocycles. The van der Waals surface area contributed by atoms with E-state index in [1.807, 2.05) is 0 Å². The summed E-state index contributed by atoms with van der Waals surface area (Å²) in [7, 11) is -3.08. The maximum atomic E-state index is 12.7. The normalized spacial score (nSPS) is 19.4. The first-order chi connectivity index (χ1) is 9.30. The van der Waals surface area contributed by atoms with Crippen molar-refractivity contribution < 1.29 is 21.8 Å². The number of pyridine rings is 1. The Morgan fingerprint density at radius 2 is 2.20 bits per heavy atom. The highest BCUT2D eigenvalue weighted by atomic mass is 32.3. The van der Waals surface area contributed by atoms with Crippen molar-refractivity contribution in [2.24, 2.45) is 5.92 Å². The van der Waals surface area contributed by atoms with Crippen LogP contribution in [0.25, 0.3) is 0 Å². The van der Waals surface area contributed by atoms with Gasteiger partial charge in [-0.3, -0.25) is 4.79 Å². The Hall–Kier alpha value is -1.70. The summed E-state index contributed by atoms with van der Waals surface area (Å²) in [5.74, 6) is -0.953. The quantitative estimate of drug-likeness (QED) is 0.777. The zero-order valence-electron chi connectivity index (χ0n) is 11.2. The number of halogens is 1. The second kappa shape index (κ2) is 5.35. The van der Waals surface area contributed by atoms with Crippen LogP contribution in [0.2, 0.25) is 0 Å². The highest BCUT2D eigenvalue weighted by Crippen LogP contribution is 2.29. The lowest BCUT2D eigenvalue weighted by Crippen LogP contribution is -2.26. The molecule has 0 bridgehead atoms. The molecule has 1 unspecified atom stereocenters. The van der Waals surface area contributed by atoms with Crippen molar-refractivity contribution in [3.05, 3.63) is 17.8 Å². The molecule has 2 rings (SSSR count). The average molecular weight is 302 g/mol. The molecule has 20 heavy (non-hydrogen) atoms. The average Bonchev–Trinajstić information content (AvgIpc) is 2.67. The van der Waals surface area contributed by atoms with Crippen LogP contribution in [0.4, 0.5) is 9.57 Å². The van der Waals surface area contributed by atoms with Gasteiger partial charge in [-0.2, -0.15) is 8.42 Å². The van der Waals surface area contributed by atoms with E-state index in [9.17, 15) is 17.1 Å². The van der Waals surface area contributed by atoms with E-state index in [1.54, 1.807) is 19.1 Å². The number of aryl methyl sites for hydroxylation is 1. The molecule has 1 aromatic rings. The molecule has 2 heterocycles. The van der Waals surface area contributed by atoms with Gasteiger partial charge in [-0.1, -0.05) is 0 Å². The highest BCUT2D eigenvalue weighted by Gasteiger charge is 2.34. The van der Waals surface area contributed by atoms with Gasteiger partial charge in [-0.15, -0.1) is 3.89 Å². The minimum absolute atomic E-state index is 0.0224. The van der Waals surface area contributed by atoms with Crippen molar-refractivity contribution in [1.29, 1.82) is 0 Å². The molecular weight excluding hydrogens is 287 g/mol. The van der Waals surface area contributed by atoms with Crippen LogP contribution in [0.15, 0.2) is 12.1 Å². The van der Waals surface area contributed by atoms with E-state index in [0.29, 0.717) is 17.3 Å². The van der Waals surface area contributed by atoms with Gasteiger partial charge in [0.1, 0.15) is 0 Å². The van der Waals surface area contributed by atoms with Gasteiger partial charge in [0.2, 0.25) is 11.8 Å². The van der Waals surface area contributed by atoms with Gasteiger partial charge in [0, 0.05) is 24.9 Å². The fourth-order valence-corrected chi connectivity index (χ4v) is 3.12. The Bertz CT molecular complexity index is 632. The Kier molecular flexibility index (Phi) is 3.94. The zero-order chi connectivity index (χ0) is 14.9. The second-order valence-electron chi connectivity index (χ2n) is 4.74. The molecule has 1 aliphatic heterocycles. The van der Waals surface area contributed by atoms with E-state index in [0.717, 1.165) is 0 Å². The number of rotatable bonds is 4. The summed E-state index contributed by atoms with van der Waals surface area (Å²) in [6.45, 7) is 1.90. The van der Waals surface area contributed by atoms with Gasteiger partial charge in [0.05, 0.1) is 24.2 Å². The number of hydrogen-bond donors (Lipinski definition) is 0. The van der Waals surface area contributed by atoms with Crippen molar-refractivity contribution >= 4 is 21.8 Å². The van der Waals surface area contributed by atoms with E-state index < -0.39 is 21.9 Å². The van der Waals surface area contributed by atoms with Crippen molar-refractivity contribution in [1.82, 2.24) is 4.98 Å². The van der Waals surface area contributed by atoms with Crippen LogP contribution in [-0.4, -0.2) is 38.7 Å². The molecule has 1 atom stereocenters. The predicted molar refractivity (Wildman–Crippen MR) is 70.9 cm³/mol. The van der Waals surface area contributed by atoms with Crippen LogP contribution in [0.3, 0.4) is 0 Å². The van der Waals surface area contributed by atoms with Gasteiger partial charge < -0.3 is 9.64 Å². The number of ether oxygens (including phenoxy) is 1. The van der Waals surface area contributed by atoms with Gasteiger partial charge in [-0.05, 0) is 13.0 Å². The molecule has 0 N–H and O–H groups in total. The van der Waals surface area contributed by atoms with Crippen molar-refractivity contribution in [3.8, 4) is 5.88 Å². The predicted octanol–water partition coefficient (Wildman–Crippen LogP) is 1.05. The van der Waals surface area contributed by atoms with Crippen LogP contribution < -0.4 is 9.64 Å². The van der Waals surface area contributed by atoms with Crippen LogP contribution >= 0.6 is 0 Å². The Morgan fingerprint density at radius 1 is 1.50 bits per heavy atom. The number of amides is 1. The molecular formula is C12H15FN2O4S. The van der Waals surface area contributed by atoms with Crippen LogP contribution in [-0.2, 0) is 15.0 Å². The Labute approximate surface area is 116 Å². The summed E-state index contributed by atoms with van der Waals surface area (Å²) in [4.78, 5) is 17.5. The number of carbonyl (C=O) groups is 1. The van der Waals surface area contributed by atoms with Crippen molar-refractivity contribution in [3.63, 3.8) is 0 Å². The number of nitrogens with zero attached hydrogens (tertiary/aromatic N) is 2. The summed E-state index contributed by atoms with van der Waals surface area (Å²) in [5, 5.41) is 0. The minimum atomic E-state index is -4.57. The number of methoxy groups -OCH3 is 1. The molecule has 1 aromatic heterocycles. The van der Waals surface area contributed by atoms with Crippen LogP contribution in [0.1, 0.15) is 12.1 Å². The lowest BCUT2D eigenvalue weighted by Gasteiger charge is -2.18. The number of hydrogen-bond acceptors (Lipinski definition) is 5. The summed E-state index contributed by atoms with van der Waals surface area (Å²) in [6, 6.07) is 3.31. The Balaban J connectivity index is 2.20. The fraction of sp³-hybridized carbons (Fsp3) is 0.500. The molecule has 0 saturated carbocycles. The third-order valence-corrected chi connectivity index (χ3v) is 4.04. The van der Waals surface area contributed by atoms with Crippen LogP contribution in [0.5, 0.6) is 5.88 Å². The Morgan fingerprint density at radius 3 is 2.75 bits per heavy atom. The molecule has 1 saturated heterocycles.